The SMILES string of the molecule is COc1ccc([C@H]2CC(=O)C3=C(C2)NC(C)=C(C(=O)OCc2ccccc2)[C@@H]3c2cccc([N+](=O)[O-])c2)cc1. The average molecular weight is 525 g/mol. The fourth-order valence-corrected chi connectivity index (χ4v) is 5.37. The van der Waals surface area contributed by atoms with Crippen LogP contribution in [0.3, 0.4) is 0 Å². The molecule has 8 nitrogen and oxygen atoms in total. The molecule has 5 rings (SSSR count). The maximum absolute atomic E-state index is 13.8. The van der Waals surface area contributed by atoms with Crippen LogP contribution in [0.1, 0.15) is 48.3 Å². The van der Waals surface area contributed by atoms with Crippen LogP contribution >= 0.6 is 0 Å². The maximum atomic E-state index is 13.8. The molecule has 3 aromatic carbocycles. The minimum atomic E-state index is -0.784. The van der Waals surface area contributed by atoms with Crippen molar-refractivity contribution in [1.82, 2.24) is 5.32 Å². The lowest BCUT2D eigenvalue weighted by atomic mass is 9.71. The Labute approximate surface area is 226 Å². The highest BCUT2D eigenvalue weighted by Gasteiger charge is 2.41. The number of methoxy groups -OCH3 is 1. The van der Waals surface area contributed by atoms with E-state index in [1.54, 1.807) is 26.2 Å². The summed E-state index contributed by atoms with van der Waals surface area (Å²) in [5, 5.41) is 14.9. The molecule has 198 valence electrons. The van der Waals surface area contributed by atoms with Crippen LogP contribution in [0.4, 0.5) is 5.69 Å². The van der Waals surface area contributed by atoms with Crippen molar-refractivity contribution in [1.29, 1.82) is 0 Å². The molecule has 2 aliphatic rings. The van der Waals surface area contributed by atoms with Gasteiger partial charge in [0.1, 0.15) is 12.4 Å². The first kappa shape index (κ1) is 25.9. The van der Waals surface area contributed by atoms with Gasteiger partial charge in [0, 0.05) is 41.4 Å². The van der Waals surface area contributed by atoms with E-state index in [0.29, 0.717) is 23.3 Å². The predicted octanol–water partition coefficient (Wildman–Crippen LogP) is 5.71. The number of nitro benzene ring substituents is 1. The molecule has 0 spiro atoms. The molecule has 0 saturated carbocycles. The third kappa shape index (κ3) is 5.31. The molecular formula is C31H28N2O6. The predicted molar refractivity (Wildman–Crippen MR) is 145 cm³/mol. The highest BCUT2D eigenvalue weighted by atomic mass is 16.6. The number of rotatable bonds is 7. The van der Waals surface area contributed by atoms with E-state index >= 15 is 0 Å². The fourth-order valence-electron chi connectivity index (χ4n) is 5.37. The van der Waals surface area contributed by atoms with Crippen LogP contribution in [0.2, 0.25) is 0 Å². The summed E-state index contributed by atoms with van der Waals surface area (Å²) >= 11 is 0. The van der Waals surface area contributed by atoms with E-state index in [4.69, 9.17) is 9.47 Å². The lowest BCUT2D eigenvalue weighted by Crippen LogP contribution is -2.36. The van der Waals surface area contributed by atoms with Crippen molar-refractivity contribution in [3.05, 3.63) is 128 Å². The quantitative estimate of drug-likeness (QED) is 0.240. The number of esters is 1. The third-order valence-corrected chi connectivity index (χ3v) is 7.26. The van der Waals surface area contributed by atoms with Crippen molar-refractivity contribution in [2.45, 2.75) is 38.2 Å². The molecule has 39 heavy (non-hydrogen) atoms. The molecule has 0 aromatic heterocycles. The standard InChI is InChI=1S/C31H28N2O6/c1-19-28(31(35)39-18-20-7-4-3-5-8-20)29(22-9-6-10-24(15-22)33(36)37)30-26(32-19)16-23(17-27(30)34)21-11-13-25(38-2)14-12-21/h3-15,23,29,32H,16-18H2,1-2H3/t23-,29+/m1/s1. The zero-order valence-corrected chi connectivity index (χ0v) is 21.7. The summed E-state index contributed by atoms with van der Waals surface area (Å²) in [6.07, 6.45) is 0.812. The second-order valence-electron chi connectivity index (χ2n) is 9.70. The van der Waals surface area contributed by atoms with Gasteiger partial charge in [0.05, 0.1) is 17.6 Å². The summed E-state index contributed by atoms with van der Waals surface area (Å²) in [6, 6.07) is 23.1. The van der Waals surface area contributed by atoms with Crippen molar-refractivity contribution >= 4 is 17.4 Å². The molecular weight excluding hydrogens is 496 g/mol. The number of nitrogens with zero attached hydrogens (tertiary/aromatic N) is 1. The third-order valence-electron chi connectivity index (χ3n) is 7.26. The molecule has 0 bridgehead atoms. The molecule has 0 saturated heterocycles. The molecule has 1 N–H and O–H groups in total. The van der Waals surface area contributed by atoms with Gasteiger partial charge >= 0.3 is 5.97 Å². The van der Waals surface area contributed by atoms with Gasteiger partial charge in [-0.2, -0.15) is 0 Å². The molecule has 3 aromatic rings. The molecule has 0 amide bonds. The van der Waals surface area contributed by atoms with Crippen molar-refractivity contribution in [3.63, 3.8) is 0 Å². The lowest BCUT2D eigenvalue weighted by Gasteiger charge is -2.36. The maximum Gasteiger partial charge on any atom is 0.337 e. The monoisotopic (exact) mass is 524 g/mol. The van der Waals surface area contributed by atoms with Gasteiger partial charge in [0.2, 0.25) is 0 Å². The first-order valence-electron chi connectivity index (χ1n) is 12.7. The number of hydrogen-bond donors (Lipinski definition) is 1. The topological polar surface area (TPSA) is 108 Å². The number of ketones is 1. The Morgan fingerprint density at radius 1 is 1.00 bits per heavy atom. The van der Waals surface area contributed by atoms with Crippen molar-refractivity contribution in [3.8, 4) is 5.75 Å². The van der Waals surface area contributed by atoms with Gasteiger partial charge in [-0.3, -0.25) is 14.9 Å². The number of allylic oxidation sites excluding steroid dienone is 3. The van der Waals surface area contributed by atoms with Gasteiger partial charge in [0.15, 0.2) is 5.78 Å². The smallest absolute Gasteiger partial charge is 0.337 e. The van der Waals surface area contributed by atoms with Gasteiger partial charge in [-0.05, 0) is 48.1 Å². The fraction of sp³-hybridized carbons (Fsp3) is 0.226. The summed E-state index contributed by atoms with van der Waals surface area (Å²) in [5.41, 5.74) is 4.25. The Balaban J connectivity index is 1.53. The van der Waals surface area contributed by atoms with Crippen LogP contribution in [0, 0.1) is 10.1 Å². The molecule has 8 heteroatoms. The van der Waals surface area contributed by atoms with Crippen LogP contribution in [0.15, 0.2) is 101 Å². The van der Waals surface area contributed by atoms with Gasteiger partial charge in [0.25, 0.3) is 5.69 Å². The zero-order chi connectivity index (χ0) is 27.5. The Kier molecular flexibility index (Phi) is 7.27. The first-order chi connectivity index (χ1) is 18.9. The van der Waals surface area contributed by atoms with E-state index in [1.807, 2.05) is 54.6 Å². The number of non-ortho nitro benzene ring substituents is 1. The Bertz CT molecular complexity index is 1490. The van der Waals surface area contributed by atoms with E-state index < -0.39 is 16.8 Å². The average Bonchev–Trinajstić information content (AvgIpc) is 2.95. The van der Waals surface area contributed by atoms with E-state index in [-0.39, 0.29) is 36.0 Å². The summed E-state index contributed by atoms with van der Waals surface area (Å²) in [4.78, 5) is 38.4. The Morgan fingerprint density at radius 3 is 2.44 bits per heavy atom. The first-order valence-corrected chi connectivity index (χ1v) is 12.7. The number of Topliss-reactive ketones (excluding diaryl/α,β-unsaturated/α-hetero) is 1. The normalized spacial score (nSPS) is 18.8. The number of dihydropyridines is 1. The number of benzene rings is 3. The van der Waals surface area contributed by atoms with E-state index in [1.165, 1.54) is 12.1 Å². The van der Waals surface area contributed by atoms with E-state index in [0.717, 1.165) is 22.6 Å². The zero-order valence-electron chi connectivity index (χ0n) is 21.7. The minimum absolute atomic E-state index is 0.0557. The molecule has 1 aliphatic carbocycles. The molecule has 1 heterocycles. The molecule has 0 fully saturated rings. The van der Waals surface area contributed by atoms with Gasteiger partial charge in [-0.15, -0.1) is 0 Å². The number of nitro groups is 1. The second-order valence-corrected chi connectivity index (χ2v) is 9.70. The van der Waals surface area contributed by atoms with Crippen molar-refractivity contribution in [2.24, 2.45) is 0 Å². The van der Waals surface area contributed by atoms with Crippen LogP contribution in [0.5, 0.6) is 5.75 Å². The Hall–Kier alpha value is -4.72. The van der Waals surface area contributed by atoms with Crippen molar-refractivity contribution < 1.29 is 24.0 Å². The van der Waals surface area contributed by atoms with Crippen LogP contribution in [-0.2, 0) is 20.9 Å². The molecule has 1 aliphatic heterocycles. The van der Waals surface area contributed by atoms with Gasteiger partial charge in [-0.25, -0.2) is 4.79 Å². The number of ether oxygens (including phenoxy) is 2. The summed E-state index contributed by atoms with van der Waals surface area (Å²) < 4.78 is 10.9. The van der Waals surface area contributed by atoms with Crippen LogP contribution in [0.25, 0.3) is 0 Å². The molecule has 0 unspecified atom stereocenters. The van der Waals surface area contributed by atoms with E-state index in [9.17, 15) is 19.7 Å². The van der Waals surface area contributed by atoms with Crippen LogP contribution < -0.4 is 10.1 Å². The van der Waals surface area contributed by atoms with Gasteiger partial charge < -0.3 is 14.8 Å². The van der Waals surface area contributed by atoms with Gasteiger partial charge in [-0.1, -0.05) is 54.6 Å². The Morgan fingerprint density at radius 2 is 1.74 bits per heavy atom. The highest BCUT2D eigenvalue weighted by molar-refractivity contribution is 6.04. The number of nitrogens with one attached hydrogen (secondary N) is 1. The largest absolute Gasteiger partial charge is 0.497 e. The second kappa shape index (κ2) is 10.9. The van der Waals surface area contributed by atoms with Crippen LogP contribution in [-0.4, -0.2) is 23.8 Å². The summed E-state index contributed by atoms with van der Waals surface area (Å²) in [5.74, 6) is -0.785. The molecule has 0 radical (unpaired) electrons. The number of carbonyl (C=O) groups excluding carboxylic acids is 2. The van der Waals surface area contributed by atoms with E-state index in [2.05, 4.69) is 5.32 Å². The summed E-state index contributed by atoms with van der Waals surface area (Å²) in [7, 11) is 1.60. The lowest BCUT2D eigenvalue weighted by molar-refractivity contribution is -0.384. The number of carbonyl (C=O) groups is 2. The minimum Gasteiger partial charge on any atom is -0.497 e. The number of hydrogen-bond acceptors (Lipinski definition) is 7. The van der Waals surface area contributed by atoms with Crippen molar-refractivity contribution in [2.75, 3.05) is 7.11 Å². The summed E-state index contributed by atoms with van der Waals surface area (Å²) in [6.45, 7) is 1.84. The molecule has 2 atom stereocenters. The highest BCUT2D eigenvalue weighted by Crippen LogP contribution is 2.46.